The minimum absolute atomic E-state index is 0.188. The zero-order chi connectivity index (χ0) is 15.1. The van der Waals surface area contributed by atoms with E-state index in [2.05, 4.69) is 20.9 Å². The molecule has 2 fully saturated rings. The molecule has 4 heteroatoms. The van der Waals surface area contributed by atoms with Gasteiger partial charge in [-0.3, -0.25) is 9.88 Å². The first-order chi connectivity index (χ1) is 10.7. The molecule has 3 nitrogen and oxygen atoms in total. The molecule has 0 spiro atoms. The minimum atomic E-state index is -0.188. The van der Waals surface area contributed by atoms with Crippen LogP contribution in [0.1, 0.15) is 18.5 Å². The number of pyridine rings is 1. The van der Waals surface area contributed by atoms with Gasteiger partial charge in [0.1, 0.15) is 5.82 Å². The molecule has 2 aromatic rings. The predicted octanol–water partition coefficient (Wildman–Crippen LogP) is 3.21. The molecule has 1 saturated heterocycles. The highest BCUT2D eigenvalue weighted by molar-refractivity contribution is 5.92. The lowest BCUT2D eigenvalue weighted by Gasteiger charge is -2.36. The Morgan fingerprint density at radius 2 is 1.91 bits per heavy atom. The van der Waals surface area contributed by atoms with Crippen LogP contribution < -0.4 is 4.90 Å². The van der Waals surface area contributed by atoms with Crippen LogP contribution in [0.25, 0.3) is 10.9 Å². The van der Waals surface area contributed by atoms with Crippen LogP contribution in [0.15, 0.2) is 24.3 Å². The number of piperazine rings is 1. The summed E-state index contributed by atoms with van der Waals surface area (Å²) in [6.45, 7) is 7.52. The van der Waals surface area contributed by atoms with E-state index in [1.165, 1.54) is 25.5 Å². The molecule has 1 aliphatic heterocycles. The summed E-state index contributed by atoms with van der Waals surface area (Å²) < 4.78 is 13.6. The number of anilines is 1. The van der Waals surface area contributed by atoms with Crippen LogP contribution in [-0.2, 0) is 0 Å². The highest BCUT2D eigenvalue weighted by Crippen LogP contribution is 2.31. The van der Waals surface area contributed by atoms with Gasteiger partial charge >= 0.3 is 0 Å². The fourth-order valence-corrected chi connectivity index (χ4v) is 3.41. The van der Waals surface area contributed by atoms with Gasteiger partial charge in [0.05, 0.1) is 5.52 Å². The Hall–Kier alpha value is -1.68. The van der Waals surface area contributed by atoms with Gasteiger partial charge in [-0.1, -0.05) is 0 Å². The first-order valence-electron chi connectivity index (χ1n) is 8.23. The Bertz CT molecular complexity index is 688. The van der Waals surface area contributed by atoms with Crippen LogP contribution in [0.2, 0.25) is 0 Å². The number of hydrogen-bond acceptors (Lipinski definition) is 3. The van der Waals surface area contributed by atoms with Crippen LogP contribution >= 0.6 is 0 Å². The zero-order valence-electron chi connectivity index (χ0n) is 13.1. The van der Waals surface area contributed by atoms with Crippen molar-refractivity contribution < 1.29 is 4.39 Å². The number of nitrogens with zero attached hydrogens (tertiary/aromatic N) is 3. The standard InChI is InChI=1S/C18H22FN3/c1-13-10-18(16-11-15(19)4-5-17(16)20-13)22-8-6-21(7-9-22)12-14-2-3-14/h4-5,10-11,14H,2-3,6-9,12H2,1H3. The molecule has 116 valence electrons. The van der Waals surface area contributed by atoms with Crippen molar-refractivity contribution in [3.8, 4) is 0 Å². The smallest absolute Gasteiger partial charge is 0.124 e. The third kappa shape index (κ3) is 2.80. The summed E-state index contributed by atoms with van der Waals surface area (Å²) in [7, 11) is 0. The number of halogens is 1. The lowest BCUT2D eigenvalue weighted by Crippen LogP contribution is -2.47. The zero-order valence-corrected chi connectivity index (χ0v) is 13.1. The van der Waals surface area contributed by atoms with E-state index in [1.54, 1.807) is 12.1 Å². The molecular weight excluding hydrogens is 277 g/mol. The molecule has 1 aromatic carbocycles. The molecular formula is C18H22FN3. The van der Waals surface area contributed by atoms with E-state index in [-0.39, 0.29) is 5.82 Å². The summed E-state index contributed by atoms with van der Waals surface area (Å²) in [5.74, 6) is 0.761. The van der Waals surface area contributed by atoms with E-state index in [4.69, 9.17) is 0 Å². The molecule has 4 rings (SSSR count). The summed E-state index contributed by atoms with van der Waals surface area (Å²) >= 11 is 0. The minimum Gasteiger partial charge on any atom is -0.368 e. The van der Waals surface area contributed by atoms with Crippen molar-refractivity contribution in [1.29, 1.82) is 0 Å². The van der Waals surface area contributed by atoms with Gasteiger partial charge in [0.2, 0.25) is 0 Å². The molecule has 1 saturated carbocycles. The topological polar surface area (TPSA) is 19.4 Å². The van der Waals surface area contributed by atoms with Crippen LogP contribution in [0.4, 0.5) is 10.1 Å². The fraction of sp³-hybridized carbons (Fsp3) is 0.500. The number of aryl methyl sites for hydroxylation is 1. The Morgan fingerprint density at radius 3 is 2.64 bits per heavy atom. The Kier molecular flexibility index (Phi) is 3.49. The number of hydrogen-bond donors (Lipinski definition) is 0. The van der Waals surface area contributed by atoms with E-state index in [0.29, 0.717) is 0 Å². The van der Waals surface area contributed by atoms with Gasteiger partial charge in [-0.05, 0) is 49.9 Å². The summed E-state index contributed by atoms with van der Waals surface area (Å²) in [5, 5.41) is 0.932. The maximum absolute atomic E-state index is 13.6. The molecule has 0 unspecified atom stereocenters. The molecule has 0 bridgehead atoms. The van der Waals surface area contributed by atoms with E-state index in [9.17, 15) is 4.39 Å². The number of fused-ring (bicyclic) bond motifs is 1. The molecule has 1 aliphatic carbocycles. The normalized spacial score (nSPS) is 19.8. The molecule has 1 aromatic heterocycles. The highest BCUT2D eigenvalue weighted by Gasteiger charge is 2.26. The second-order valence-electron chi connectivity index (χ2n) is 6.68. The van der Waals surface area contributed by atoms with Crippen molar-refractivity contribution in [2.75, 3.05) is 37.6 Å². The van der Waals surface area contributed by atoms with E-state index < -0.39 is 0 Å². The van der Waals surface area contributed by atoms with Gasteiger partial charge in [-0.25, -0.2) is 4.39 Å². The van der Waals surface area contributed by atoms with E-state index >= 15 is 0 Å². The lowest BCUT2D eigenvalue weighted by atomic mass is 10.1. The highest BCUT2D eigenvalue weighted by atomic mass is 19.1. The molecule has 0 radical (unpaired) electrons. The van der Waals surface area contributed by atoms with Gasteiger partial charge < -0.3 is 4.90 Å². The maximum Gasteiger partial charge on any atom is 0.124 e. The van der Waals surface area contributed by atoms with Crippen LogP contribution in [0, 0.1) is 18.7 Å². The monoisotopic (exact) mass is 299 g/mol. The van der Waals surface area contributed by atoms with Crippen LogP contribution in [-0.4, -0.2) is 42.6 Å². The third-order valence-corrected chi connectivity index (χ3v) is 4.80. The number of rotatable bonds is 3. The largest absolute Gasteiger partial charge is 0.368 e. The van der Waals surface area contributed by atoms with Crippen LogP contribution in [0.5, 0.6) is 0 Å². The molecule has 2 aliphatic rings. The Labute approximate surface area is 130 Å². The summed E-state index contributed by atoms with van der Waals surface area (Å²) in [6, 6.07) is 6.99. The third-order valence-electron chi connectivity index (χ3n) is 4.80. The van der Waals surface area contributed by atoms with Crippen LogP contribution in [0.3, 0.4) is 0 Å². The molecule has 22 heavy (non-hydrogen) atoms. The average molecular weight is 299 g/mol. The van der Waals surface area contributed by atoms with Gasteiger partial charge in [-0.15, -0.1) is 0 Å². The van der Waals surface area contributed by atoms with Gasteiger partial charge in [0.15, 0.2) is 0 Å². The molecule has 0 atom stereocenters. The van der Waals surface area contributed by atoms with Crippen molar-refractivity contribution in [2.45, 2.75) is 19.8 Å². The lowest BCUT2D eigenvalue weighted by molar-refractivity contribution is 0.248. The van der Waals surface area contributed by atoms with E-state index in [1.807, 2.05) is 6.92 Å². The van der Waals surface area contributed by atoms with Gasteiger partial charge in [0.25, 0.3) is 0 Å². The fourth-order valence-electron chi connectivity index (χ4n) is 3.41. The predicted molar refractivity (Wildman–Crippen MR) is 87.8 cm³/mol. The second kappa shape index (κ2) is 5.51. The van der Waals surface area contributed by atoms with E-state index in [0.717, 1.165) is 54.4 Å². The van der Waals surface area contributed by atoms with Gasteiger partial charge in [-0.2, -0.15) is 0 Å². The molecule has 0 amide bonds. The van der Waals surface area contributed by atoms with Crippen molar-refractivity contribution in [3.63, 3.8) is 0 Å². The summed E-state index contributed by atoms with van der Waals surface area (Å²) in [6.07, 6.45) is 2.82. The SMILES string of the molecule is Cc1cc(N2CCN(CC3CC3)CC2)c2cc(F)ccc2n1. The summed E-state index contributed by atoms with van der Waals surface area (Å²) in [4.78, 5) is 9.49. The maximum atomic E-state index is 13.6. The van der Waals surface area contributed by atoms with Crippen molar-refractivity contribution in [2.24, 2.45) is 5.92 Å². The van der Waals surface area contributed by atoms with Crippen molar-refractivity contribution in [1.82, 2.24) is 9.88 Å². The van der Waals surface area contributed by atoms with Crippen molar-refractivity contribution in [3.05, 3.63) is 35.8 Å². The van der Waals surface area contributed by atoms with Gasteiger partial charge in [0, 0.05) is 49.5 Å². The first-order valence-corrected chi connectivity index (χ1v) is 8.23. The van der Waals surface area contributed by atoms with Crippen molar-refractivity contribution >= 4 is 16.6 Å². The first kappa shape index (κ1) is 13.9. The second-order valence-corrected chi connectivity index (χ2v) is 6.68. The molecule has 0 N–H and O–H groups in total. The molecule has 2 heterocycles. The Balaban J connectivity index is 1.59. The average Bonchev–Trinajstić information content (AvgIpc) is 3.32. The number of benzene rings is 1. The quantitative estimate of drug-likeness (QED) is 0.867. The Morgan fingerprint density at radius 1 is 1.14 bits per heavy atom. The summed E-state index contributed by atoms with van der Waals surface area (Å²) in [5.41, 5.74) is 3.01. The number of aromatic nitrogens is 1.